The van der Waals surface area contributed by atoms with Crippen molar-refractivity contribution in [3.8, 4) is 0 Å². The van der Waals surface area contributed by atoms with Gasteiger partial charge in [0.15, 0.2) is 0 Å². The summed E-state index contributed by atoms with van der Waals surface area (Å²) in [5.74, 6) is 3.24. The van der Waals surface area contributed by atoms with E-state index >= 15 is 0 Å². The van der Waals surface area contributed by atoms with Gasteiger partial charge in [0.05, 0.1) is 0 Å². The van der Waals surface area contributed by atoms with Gasteiger partial charge < -0.3 is 0 Å². The number of fused-ring (bicyclic) bond motifs is 1. The van der Waals surface area contributed by atoms with Gasteiger partial charge in [-0.1, -0.05) is 12.5 Å². The summed E-state index contributed by atoms with van der Waals surface area (Å²) in [4.78, 5) is 10.2. The van der Waals surface area contributed by atoms with Gasteiger partial charge in [0.1, 0.15) is 5.94 Å². The van der Waals surface area contributed by atoms with Gasteiger partial charge >= 0.3 is 0 Å². The monoisotopic (exact) mass is 148 g/mol. The van der Waals surface area contributed by atoms with Gasteiger partial charge in [-0.05, 0) is 24.7 Å². The van der Waals surface area contributed by atoms with Crippen LogP contribution in [0.25, 0.3) is 0 Å². The smallest absolute Gasteiger partial charge is 0.120 e. The SMILES string of the molecule is C=CC1C2CCCC12C=C=O. The van der Waals surface area contributed by atoms with Gasteiger partial charge in [-0.3, -0.25) is 0 Å². The van der Waals surface area contributed by atoms with E-state index in [1.54, 1.807) is 6.08 Å². The van der Waals surface area contributed by atoms with E-state index in [4.69, 9.17) is 0 Å². The third-order valence-electron chi connectivity index (χ3n) is 3.34. The van der Waals surface area contributed by atoms with E-state index in [0.717, 1.165) is 5.92 Å². The van der Waals surface area contributed by atoms with Crippen molar-refractivity contribution in [2.75, 3.05) is 0 Å². The Hall–Kier alpha value is -0.810. The summed E-state index contributed by atoms with van der Waals surface area (Å²) in [6.07, 6.45) is 7.44. The maximum absolute atomic E-state index is 10.2. The highest BCUT2D eigenvalue weighted by Crippen LogP contribution is 2.69. The second kappa shape index (κ2) is 2.09. The molecule has 11 heavy (non-hydrogen) atoms. The van der Waals surface area contributed by atoms with Crippen molar-refractivity contribution in [1.82, 2.24) is 0 Å². The van der Waals surface area contributed by atoms with Crippen LogP contribution in [0.5, 0.6) is 0 Å². The fourth-order valence-electron chi connectivity index (χ4n) is 2.77. The molecule has 0 amide bonds. The van der Waals surface area contributed by atoms with Gasteiger partial charge in [-0.25, -0.2) is 4.79 Å². The first-order chi connectivity index (χ1) is 5.35. The molecule has 3 atom stereocenters. The van der Waals surface area contributed by atoms with Gasteiger partial charge in [0.2, 0.25) is 0 Å². The Balaban J connectivity index is 2.25. The zero-order chi connectivity index (χ0) is 7.90. The predicted octanol–water partition coefficient (Wildman–Crippen LogP) is 1.98. The summed E-state index contributed by atoms with van der Waals surface area (Å²) in [5.41, 5.74) is 0.212. The third kappa shape index (κ3) is 0.693. The number of hydrogen-bond donors (Lipinski definition) is 0. The second-order valence-corrected chi connectivity index (χ2v) is 3.63. The molecule has 2 aliphatic carbocycles. The van der Waals surface area contributed by atoms with Crippen LogP contribution in [-0.2, 0) is 4.79 Å². The van der Waals surface area contributed by atoms with Crippen LogP contribution in [-0.4, -0.2) is 5.94 Å². The highest BCUT2D eigenvalue weighted by Gasteiger charge is 2.63. The molecule has 2 aliphatic rings. The molecule has 2 rings (SSSR count). The molecule has 0 N–H and O–H groups in total. The Bertz CT molecular complexity index is 237. The topological polar surface area (TPSA) is 17.1 Å². The van der Waals surface area contributed by atoms with Gasteiger partial charge in [0.25, 0.3) is 0 Å². The minimum Gasteiger partial charge on any atom is -0.234 e. The Labute approximate surface area is 66.8 Å². The molecular formula is C10H12O. The maximum Gasteiger partial charge on any atom is 0.120 e. The fraction of sp³-hybridized carbons (Fsp3) is 0.600. The molecule has 58 valence electrons. The fourth-order valence-corrected chi connectivity index (χ4v) is 2.77. The van der Waals surface area contributed by atoms with Crippen LogP contribution in [0.15, 0.2) is 18.7 Å². The molecule has 0 aliphatic heterocycles. The Morgan fingerprint density at radius 1 is 1.64 bits per heavy atom. The van der Waals surface area contributed by atoms with Crippen LogP contribution in [0.2, 0.25) is 0 Å². The Kier molecular flexibility index (Phi) is 1.30. The van der Waals surface area contributed by atoms with E-state index in [2.05, 4.69) is 6.58 Å². The third-order valence-corrected chi connectivity index (χ3v) is 3.34. The van der Waals surface area contributed by atoms with Crippen molar-refractivity contribution in [1.29, 1.82) is 0 Å². The van der Waals surface area contributed by atoms with Gasteiger partial charge in [-0.2, -0.15) is 0 Å². The molecule has 1 heteroatoms. The van der Waals surface area contributed by atoms with Crippen molar-refractivity contribution >= 4 is 5.94 Å². The number of carbonyl (C=O) groups excluding carboxylic acids is 1. The summed E-state index contributed by atoms with van der Waals surface area (Å²) in [6, 6.07) is 0. The average molecular weight is 148 g/mol. The highest BCUT2D eigenvalue weighted by atomic mass is 16.1. The van der Waals surface area contributed by atoms with Crippen LogP contribution in [0.1, 0.15) is 19.3 Å². The van der Waals surface area contributed by atoms with Crippen LogP contribution in [0.4, 0.5) is 0 Å². The van der Waals surface area contributed by atoms with Gasteiger partial charge in [0, 0.05) is 11.5 Å². The highest BCUT2D eigenvalue weighted by molar-refractivity contribution is 5.51. The van der Waals surface area contributed by atoms with E-state index in [1.165, 1.54) is 19.3 Å². The summed E-state index contributed by atoms with van der Waals surface area (Å²) in [7, 11) is 0. The Morgan fingerprint density at radius 2 is 2.45 bits per heavy atom. The number of hydrogen-bond acceptors (Lipinski definition) is 1. The predicted molar refractivity (Wildman–Crippen MR) is 43.7 cm³/mol. The molecule has 0 aromatic carbocycles. The largest absolute Gasteiger partial charge is 0.234 e. The molecule has 2 fully saturated rings. The van der Waals surface area contributed by atoms with Crippen LogP contribution >= 0.6 is 0 Å². The molecule has 2 saturated carbocycles. The molecule has 0 radical (unpaired) electrons. The molecule has 0 heterocycles. The lowest BCUT2D eigenvalue weighted by Crippen LogP contribution is -1.96. The van der Waals surface area contributed by atoms with Crippen LogP contribution < -0.4 is 0 Å². The summed E-state index contributed by atoms with van der Waals surface area (Å²) in [6.45, 7) is 3.78. The summed E-state index contributed by atoms with van der Waals surface area (Å²) < 4.78 is 0. The molecule has 3 unspecified atom stereocenters. The molecule has 0 bridgehead atoms. The normalized spacial score (nSPS) is 45.8. The molecule has 1 nitrogen and oxygen atoms in total. The maximum atomic E-state index is 10.2. The van der Waals surface area contributed by atoms with Gasteiger partial charge in [-0.15, -0.1) is 6.58 Å². The van der Waals surface area contributed by atoms with E-state index in [9.17, 15) is 4.79 Å². The minimum absolute atomic E-state index is 0.212. The zero-order valence-electron chi connectivity index (χ0n) is 6.55. The molecule has 0 spiro atoms. The Morgan fingerprint density at radius 3 is 3.00 bits per heavy atom. The van der Waals surface area contributed by atoms with Crippen LogP contribution in [0, 0.1) is 17.3 Å². The van der Waals surface area contributed by atoms with Crippen molar-refractivity contribution < 1.29 is 4.79 Å². The van der Waals surface area contributed by atoms with E-state index in [0.29, 0.717) is 5.92 Å². The molecule has 0 saturated heterocycles. The lowest BCUT2D eigenvalue weighted by atomic mass is 10.0. The first-order valence-electron chi connectivity index (χ1n) is 4.20. The summed E-state index contributed by atoms with van der Waals surface area (Å²) >= 11 is 0. The first-order valence-corrected chi connectivity index (χ1v) is 4.20. The van der Waals surface area contributed by atoms with Crippen molar-refractivity contribution in [2.45, 2.75) is 19.3 Å². The lowest BCUT2D eigenvalue weighted by Gasteiger charge is -2.03. The standard InChI is InChI=1S/C10H12O/c1-2-8-9-4-3-5-10(8,9)6-7-11/h2,6,8-9H,1,3-5H2. The average Bonchev–Trinajstić information content (AvgIpc) is 2.37. The quantitative estimate of drug-likeness (QED) is 0.432. The van der Waals surface area contributed by atoms with E-state index in [1.807, 2.05) is 12.0 Å². The zero-order valence-corrected chi connectivity index (χ0v) is 6.55. The van der Waals surface area contributed by atoms with E-state index < -0.39 is 0 Å². The first kappa shape index (κ1) is 6.87. The number of rotatable bonds is 2. The minimum atomic E-state index is 0.212. The van der Waals surface area contributed by atoms with Crippen molar-refractivity contribution in [3.05, 3.63) is 18.7 Å². The second-order valence-electron chi connectivity index (χ2n) is 3.63. The lowest BCUT2D eigenvalue weighted by molar-refractivity contribution is 0.550. The molecule has 0 aromatic heterocycles. The molecular weight excluding hydrogens is 136 g/mol. The van der Waals surface area contributed by atoms with Crippen LogP contribution in [0.3, 0.4) is 0 Å². The molecule has 0 aromatic rings. The van der Waals surface area contributed by atoms with E-state index in [-0.39, 0.29) is 5.41 Å². The van der Waals surface area contributed by atoms with Crippen molar-refractivity contribution in [2.24, 2.45) is 17.3 Å². The van der Waals surface area contributed by atoms with Crippen molar-refractivity contribution in [3.63, 3.8) is 0 Å². The number of allylic oxidation sites excluding steroid dienone is 2. The summed E-state index contributed by atoms with van der Waals surface area (Å²) in [5, 5.41) is 0.